The van der Waals surface area contributed by atoms with Crippen molar-refractivity contribution in [3.63, 3.8) is 0 Å². The van der Waals surface area contributed by atoms with Crippen molar-refractivity contribution >= 4 is 27.8 Å². The maximum absolute atomic E-state index is 12.3. The molecule has 1 heterocycles. The minimum absolute atomic E-state index is 0.0826. The molecule has 4 atom stereocenters. The molecule has 0 aliphatic rings. The number of aromatic nitrogens is 1. The number of quaternary nitrogens is 1. The number of hydrogen-bond acceptors (Lipinski definition) is 8. The number of aliphatic carboxylic acids is 1. The van der Waals surface area contributed by atoms with Crippen LogP contribution in [-0.2, 0) is 11.3 Å². The maximum Gasteiger partial charge on any atom is 0.197 e. The minimum atomic E-state index is -1.53. The van der Waals surface area contributed by atoms with Crippen molar-refractivity contribution in [1.82, 2.24) is 4.57 Å². The van der Waals surface area contributed by atoms with Gasteiger partial charge in [0.15, 0.2) is 5.43 Å². The van der Waals surface area contributed by atoms with E-state index in [1.807, 2.05) is 6.92 Å². The van der Waals surface area contributed by atoms with Crippen molar-refractivity contribution in [3.8, 4) is 0 Å². The number of likely N-dealkylation sites (N-methyl/N-ethyl adjacent to an activating group) is 1. The number of carbonyl (C=O) groups excluding carboxylic acids is 1. The van der Waals surface area contributed by atoms with E-state index in [1.54, 1.807) is 58.4 Å². The van der Waals surface area contributed by atoms with Crippen LogP contribution in [0.4, 0.5) is 0 Å². The quantitative estimate of drug-likeness (QED) is 0.181. The molecule has 3 rings (SSSR count). The third kappa shape index (κ3) is 6.57. The van der Waals surface area contributed by atoms with Crippen LogP contribution in [-0.4, -0.2) is 80.2 Å². The van der Waals surface area contributed by atoms with Gasteiger partial charge in [-0.3, -0.25) is 4.79 Å². The normalized spacial score (nSPS) is 14.8. The van der Waals surface area contributed by atoms with Gasteiger partial charge in [0.05, 0.1) is 36.7 Å². The standard InChI is InChI=1S/C15H11NO3.C8H19NO5/c17-14(18)9-16-12-7-3-1-5-10(12)15(19)11-6-2-4-8-13(11)16;1-2-9-3-5(11)7(13)8(14)6(12)4-10/h1-8H,9H2,(H,17,18);5-14H,2-4H2,1H3/t;5-,6+,7+,8+/m.0/s1. The number of carboxylic acid groups (broad SMARTS) is 1. The fourth-order valence-corrected chi connectivity index (χ4v) is 3.42. The van der Waals surface area contributed by atoms with Crippen LogP contribution in [0, 0.1) is 0 Å². The number of pyridine rings is 1. The van der Waals surface area contributed by atoms with Gasteiger partial charge in [-0.25, -0.2) is 0 Å². The second kappa shape index (κ2) is 12.4. The Hall–Kier alpha value is -2.86. The zero-order chi connectivity index (χ0) is 24.5. The van der Waals surface area contributed by atoms with Crippen LogP contribution in [0.3, 0.4) is 0 Å². The van der Waals surface area contributed by atoms with Gasteiger partial charge in [-0.05, 0) is 31.2 Å². The van der Waals surface area contributed by atoms with Gasteiger partial charge in [0.25, 0.3) is 0 Å². The largest absolute Gasteiger partial charge is 0.548 e. The molecule has 33 heavy (non-hydrogen) atoms. The van der Waals surface area contributed by atoms with E-state index >= 15 is 0 Å². The van der Waals surface area contributed by atoms with E-state index in [4.69, 9.17) is 10.2 Å². The fourth-order valence-electron chi connectivity index (χ4n) is 3.42. The van der Waals surface area contributed by atoms with E-state index in [2.05, 4.69) is 0 Å². The number of hydrogen-bond donors (Lipinski definition) is 6. The van der Waals surface area contributed by atoms with Crippen molar-refractivity contribution in [2.24, 2.45) is 0 Å². The molecule has 0 aliphatic carbocycles. The molecule has 0 fully saturated rings. The average molecular weight is 462 g/mol. The van der Waals surface area contributed by atoms with Gasteiger partial charge in [0.1, 0.15) is 31.0 Å². The third-order valence-electron chi connectivity index (χ3n) is 5.19. The molecule has 3 aromatic rings. The summed E-state index contributed by atoms with van der Waals surface area (Å²) >= 11 is 0. The Morgan fingerprint density at radius 1 is 0.939 bits per heavy atom. The number of aliphatic hydroxyl groups excluding tert-OH is 5. The lowest BCUT2D eigenvalue weighted by atomic mass is 10.0. The number of aliphatic hydroxyl groups is 5. The zero-order valence-electron chi connectivity index (χ0n) is 18.2. The van der Waals surface area contributed by atoms with Crippen molar-refractivity contribution in [3.05, 3.63) is 58.8 Å². The molecule has 0 unspecified atom stereocenters. The molecule has 2 aromatic carbocycles. The Morgan fingerprint density at radius 2 is 1.42 bits per heavy atom. The van der Waals surface area contributed by atoms with E-state index in [9.17, 15) is 30.0 Å². The van der Waals surface area contributed by atoms with Crippen LogP contribution in [0.2, 0.25) is 0 Å². The van der Waals surface area contributed by atoms with Crippen molar-refractivity contribution in [1.29, 1.82) is 0 Å². The topological polar surface area (TPSA) is 180 Å². The molecular formula is C23H30N2O8. The van der Waals surface area contributed by atoms with Gasteiger partial charge < -0.3 is 45.3 Å². The maximum atomic E-state index is 12.3. The summed E-state index contributed by atoms with van der Waals surface area (Å²) < 4.78 is 1.60. The number of nitrogens with two attached hydrogens (primary N) is 1. The highest BCUT2D eigenvalue weighted by Gasteiger charge is 2.30. The summed E-state index contributed by atoms with van der Waals surface area (Å²) in [6.45, 7) is 1.96. The number of carboxylic acids is 1. The van der Waals surface area contributed by atoms with E-state index < -0.39 is 37.0 Å². The molecule has 0 saturated heterocycles. The lowest BCUT2D eigenvalue weighted by Crippen LogP contribution is -2.86. The smallest absolute Gasteiger partial charge is 0.197 e. The van der Waals surface area contributed by atoms with Gasteiger partial charge in [0, 0.05) is 10.8 Å². The number of benzene rings is 2. The Labute approximate surface area is 190 Å². The molecule has 180 valence electrons. The zero-order valence-corrected chi connectivity index (χ0v) is 18.2. The molecule has 0 radical (unpaired) electrons. The average Bonchev–Trinajstić information content (AvgIpc) is 2.83. The van der Waals surface area contributed by atoms with Crippen LogP contribution in [0.1, 0.15) is 6.92 Å². The molecule has 0 spiro atoms. The van der Waals surface area contributed by atoms with Gasteiger partial charge in [-0.1, -0.05) is 24.3 Å². The van der Waals surface area contributed by atoms with Crippen LogP contribution >= 0.6 is 0 Å². The summed E-state index contributed by atoms with van der Waals surface area (Å²) in [4.78, 5) is 23.3. The highest BCUT2D eigenvalue weighted by atomic mass is 16.4. The SMILES string of the molecule is CC[NH2+]C[C@H](O)[C@@H](O)[C@H](O)[C@H](O)CO.O=C([O-])Cn1c2ccccc2c(=O)c2ccccc21. The van der Waals surface area contributed by atoms with Crippen LogP contribution in [0.25, 0.3) is 21.8 Å². The second-order valence-electron chi connectivity index (χ2n) is 7.55. The van der Waals surface area contributed by atoms with E-state index in [0.717, 1.165) is 6.54 Å². The highest BCUT2D eigenvalue weighted by molar-refractivity contribution is 5.94. The number of nitrogens with zero attached hydrogens (tertiary/aromatic N) is 1. The number of para-hydroxylation sites is 2. The summed E-state index contributed by atoms with van der Waals surface area (Å²) in [5.41, 5.74) is 1.13. The Bertz CT molecular complexity index is 1060. The van der Waals surface area contributed by atoms with Crippen LogP contribution < -0.4 is 15.9 Å². The molecule has 7 N–H and O–H groups in total. The van der Waals surface area contributed by atoms with Crippen molar-refractivity contribution in [2.75, 3.05) is 19.7 Å². The molecule has 0 saturated carbocycles. The first kappa shape index (κ1) is 26.4. The monoisotopic (exact) mass is 462 g/mol. The third-order valence-corrected chi connectivity index (χ3v) is 5.19. The first-order valence-corrected chi connectivity index (χ1v) is 10.6. The molecular weight excluding hydrogens is 432 g/mol. The Kier molecular flexibility index (Phi) is 9.92. The summed E-state index contributed by atoms with van der Waals surface area (Å²) in [6, 6.07) is 14.0. The van der Waals surface area contributed by atoms with Gasteiger partial charge >= 0.3 is 0 Å². The fraction of sp³-hybridized carbons (Fsp3) is 0.391. The van der Waals surface area contributed by atoms with Crippen LogP contribution in [0.15, 0.2) is 53.3 Å². The molecule has 10 heteroatoms. The van der Waals surface area contributed by atoms with E-state index in [0.29, 0.717) is 21.8 Å². The molecule has 0 bridgehead atoms. The summed E-state index contributed by atoms with van der Waals surface area (Å²) in [7, 11) is 0. The van der Waals surface area contributed by atoms with Gasteiger partial charge in [-0.2, -0.15) is 0 Å². The lowest BCUT2D eigenvalue weighted by molar-refractivity contribution is -0.659. The first-order chi connectivity index (χ1) is 15.7. The molecule has 1 aromatic heterocycles. The van der Waals surface area contributed by atoms with Crippen LogP contribution in [0.5, 0.6) is 0 Å². The van der Waals surface area contributed by atoms with Crippen molar-refractivity contribution < 1.29 is 40.8 Å². The van der Waals surface area contributed by atoms with Gasteiger partial charge in [0.2, 0.25) is 0 Å². The predicted octanol–water partition coefficient (Wildman–Crippen LogP) is -3.09. The summed E-state index contributed by atoms with van der Waals surface area (Å²) in [6.07, 6.45) is -5.52. The summed E-state index contributed by atoms with van der Waals surface area (Å²) in [5, 5.41) is 59.1. The predicted molar refractivity (Wildman–Crippen MR) is 119 cm³/mol. The number of fused-ring (bicyclic) bond motifs is 2. The van der Waals surface area contributed by atoms with E-state index in [-0.39, 0.29) is 18.5 Å². The Morgan fingerprint density at radius 3 is 1.88 bits per heavy atom. The highest BCUT2D eigenvalue weighted by Crippen LogP contribution is 2.18. The Balaban J connectivity index is 0.000000248. The second-order valence-corrected chi connectivity index (χ2v) is 7.55. The van der Waals surface area contributed by atoms with E-state index in [1.165, 1.54) is 0 Å². The lowest BCUT2D eigenvalue weighted by Gasteiger charge is -2.24. The molecule has 10 nitrogen and oxygen atoms in total. The first-order valence-electron chi connectivity index (χ1n) is 10.6. The van der Waals surface area contributed by atoms with Crippen molar-refractivity contribution in [2.45, 2.75) is 37.9 Å². The molecule has 0 aliphatic heterocycles. The number of rotatable bonds is 9. The molecule has 0 amide bonds. The number of carbonyl (C=O) groups is 1. The summed E-state index contributed by atoms with van der Waals surface area (Å²) in [5.74, 6) is -1.18. The van der Waals surface area contributed by atoms with Gasteiger partial charge in [-0.15, -0.1) is 0 Å². The minimum Gasteiger partial charge on any atom is -0.548 e.